The molecule has 1 atom stereocenters. The van der Waals surface area contributed by atoms with Crippen molar-refractivity contribution in [3.05, 3.63) is 87.4 Å². The van der Waals surface area contributed by atoms with Gasteiger partial charge in [-0.05, 0) is 42.8 Å². The molecule has 0 saturated heterocycles. The lowest BCUT2D eigenvalue weighted by Gasteiger charge is -2.39. The van der Waals surface area contributed by atoms with Crippen LogP contribution in [0.15, 0.2) is 54.6 Å². The van der Waals surface area contributed by atoms with Gasteiger partial charge in [-0.1, -0.05) is 35.9 Å². The molecule has 4 nitrogen and oxygen atoms in total. The highest BCUT2D eigenvalue weighted by Crippen LogP contribution is 2.58. The van der Waals surface area contributed by atoms with E-state index in [0.717, 1.165) is 27.9 Å². The number of carbonyl (C=O) groups is 1. The topological polar surface area (TPSA) is 38.8 Å². The van der Waals surface area contributed by atoms with E-state index < -0.39 is 5.60 Å². The summed E-state index contributed by atoms with van der Waals surface area (Å²) >= 11 is 6.49. The molecule has 1 unspecified atom stereocenters. The highest BCUT2D eigenvalue weighted by Gasteiger charge is 2.55. The van der Waals surface area contributed by atoms with E-state index in [1.807, 2.05) is 74.4 Å². The van der Waals surface area contributed by atoms with Crippen molar-refractivity contribution in [3.8, 4) is 11.5 Å². The number of aryl methyl sites for hydroxylation is 1. The number of fused-ring (bicyclic) bond motifs is 6. The molecule has 0 saturated carbocycles. The summed E-state index contributed by atoms with van der Waals surface area (Å²) in [4.78, 5) is 14.9. The number of carbonyl (C=O) groups excluding carboxylic acids is 1. The number of rotatable bonds is 1. The molecule has 0 aromatic heterocycles. The van der Waals surface area contributed by atoms with Crippen molar-refractivity contribution in [1.82, 2.24) is 0 Å². The number of anilines is 1. The maximum absolute atomic E-state index is 12.9. The van der Waals surface area contributed by atoms with Gasteiger partial charge >= 0.3 is 5.97 Å². The van der Waals surface area contributed by atoms with Crippen LogP contribution in [0.1, 0.15) is 32.6 Å². The molecule has 1 spiro atoms. The van der Waals surface area contributed by atoms with E-state index >= 15 is 0 Å². The van der Waals surface area contributed by atoms with Crippen LogP contribution in [-0.4, -0.2) is 20.1 Å². The Bertz CT molecular complexity index is 1150. The van der Waals surface area contributed by atoms with Crippen LogP contribution in [0.4, 0.5) is 5.69 Å². The smallest absolute Gasteiger partial charge is 0.340 e. The van der Waals surface area contributed by atoms with Crippen molar-refractivity contribution >= 4 is 23.3 Å². The van der Waals surface area contributed by atoms with Gasteiger partial charge in [0.25, 0.3) is 0 Å². The van der Waals surface area contributed by atoms with Gasteiger partial charge in [0.05, 0.1) is 11.1 Å². The van der Waals surface area contributed by atoms with Crippen molar-refractivity contribution in [1.29, 1.82) is 0 Å². The molecule has 2 heterocycles. The van der Waals surface area contributed by atoms with E-state index in [4.69, 9.17) is 21.1 Å². The first kappa shape index (κ1) is 17.1. The first-order valence-corrected chi connectivity index (χ1v) is 9.43. The number of esters is 1. The van der Waals surface area contributed by atoms with Crippen LogP contribution in [0.2, 0.25) is 5.02 Å². The van der Waals surface area contributed by atoms with Crippen LogP contribution in [0.5, 0.6) is 11.5 Å². The van der Waals surface area contributed by atoms with Crippen LogP contribution in [-0.2, 0) is 10.3 Å². The predicted molar refractivity (Wildman–Crippen MR) is 109 cm³/mol. The van der Waals surface area contributed by atoms with E-state index in [1.54, 1.807) is 6.07 Å². The third-order valence-electron chi connectivity index (χ3n) is 5.47. The molecule has 0 fully saturated rings. The average molecular weight is 392 g/mol. The molecule has 5 rings (SSSR count). The molecule has 140 valence electrons. The molecule has 0 amide bonds. The molecule has 2 aliphatic rings. The lowest BCUT2D eigenvalue weighted by molar-refractivity contribution is 0.0226. The van der Waals surface area contributed by atoms with Gasteiger partial charge < -0.3 is 14.4 Å². The Kier molecular flexibility index (Phi) is 3.52. The minimum Gasteiger partial charge on any atom is -0.456 e. The summed E-state index contributed by atoms with van der Waals surface area (Å²) in [5, 5.41) is 0.605. The molecular weight excluding hydrogens is 374 g/mol. The molecule has 0 bridgehead atoms. The molecule has 0 N–H and O–H groups in total. The van der Waals surface area contributed by atoms with Crippen LogP contribution < -0.4 is 9.64 Å². The Hall–Kier alpha value is -2.98. The Morgan fingerprint density at radius 1 is 0.964 bits per heavy atom. The van der Waals surface area contributed by atoms with E-state index in [0.29, 0.717) is 22.1 Å². The van der Waals surface area contributed by atoms with Crippen molar-refractivity contribution in [2.24, 2.45) is 0 Å². The van der Waals surface area contributed by atoms with Gasteiger partial charge in [-0.15, -0.1) is 0 Å². The molecular formula is C23H18ClNO3. The Labute approximate surface area is 168 Å². The largest absolute Gasteiger partial charge is 0.456 e. The lowest BCUT2D eigenvalue weighted by atomic mass is 9.76. The Morgan fingerprint density at radius 3 is 2.54 bits per heavy atom. The van der Waals surface area contributed by atoms with Gasteiger partial charge in [0.15, 0.2) is 5.60 Å². The second-order valence-electron chi connectivity index (χ2n) is 7.36. The van der Waals surface area contributed by atoms with Crippen molar-refractivity contribution < 1.29 is 14.3 Å². The molecule has 3 aromatic rings. The second kappa shape index (κ2) is 5.76. The zero-order valence-corrected chi connectivity index (χ0v) is 16.5. The van der Waals surface area contributed by atoms with Gasteiger partial charge in [0.1, 0.15) is 11.5 Å². The summed E-state index contributed by atoms with van der Waals surface area (Å²) in [6.07, 6.45) is 0. The lowest BCUT2D eigenvalue weighted by Crippen LogP contribution is -2.35. The molecule has 5 heteroatoms. The number of hydrogen-bond acceptors (Lipinski definition) is 4. The zero-order valence-electron chi connectivity index (χ0n) is 15.7. The van der Waals surface area contributed by atoms with Crippen molar-refractivity contribution in [2.45, 2.75) is 12.5 Å². The number of halogens is 1. The summed E-state index contributed by atoms with van der Waals surface area (Å²) in [7, 11) is 3.92. The van der Waals surface area contributed by atoms with Gasteiger partial charge in [-0.3, -0.25) is 0 Å². The summed E-state index contributed by atoms with van der Waals surface area (Å²) in [6.45, 7) is 1.93. The number of nitrogens with zero attached hydrogens (tertiary/aromatic N) is 1. The minimum absolute atomic E-state index is 0.348. The highest BCUT2D eigenvalue weighted by molar-refractivity contribution is 6.31. The molecule has 0 radical (unpaired) electrons. The fraction of sp³-hybridized carbons (Fsp3) is 0.174. The van der Waals surface area contributed by atoms with Crippen molar-refractivity contribution in [3.63, 3.8) is 0 Å². The zero-order chi connectivity index (χ0) is 19.6. The number of benzene rings is 3. The molecule has 28 heavy (non-hydrogen) atoms. The van der Waals surface area contributed by atoms with Crippen LogP contribution in [0.3, 0.4) is 0 Å². The number of ether oxygens (including phenoxy) is 2. The SMILES string of the molecule is Cc1cc2c(cc1Cl)C1(OC(=O)c3ccccc31)c1c(cccc1N(C)C)O2. The fourth-order valence-electron chi connectivity index (χ4n) is 4.20. The first-order valence-electron chi connectivity index (χ1n) is 9.05. The molecule has 3 aromatic carbocycles. The van der Waals surface area contributed by atoms with Crippen molar-refractivity contribution in [2.75, 3.05) is 19.0 Å². The number of hydrogen-bond donors (Lipinski definition) is 0. The van der Waals surface area contributed by atoms with Crippen LogP contribution in [0.25, 0.3) is 0 Å². The summed E-state index contributed by atoms with van der Waals surface area (Å²) < 4.78 is 12.5. The monoisotopic (exact) mass is 391 g/mol. The minimum atomic E-state index is -1.10. The predicted octanol–water partition coefficient (Wildman–Crippen LogP) is 5.28. The van der Waals surface area contributed by atoms with Gasteiger partial charge in [-0.25, -0.2) is 4.79 Å². The standard InChI is InChI=1S/C23H18ClNO3/c1-13-11-20-16(12-17(13)24)23(15-8-5-4-7-14(15)22(26)28-23)21-18(25(2)3)9-6-10-19(21)27-20/h4-12H,1-3H3. The Morgan fingerprint density at radius 2 is 1.75 bits per heavy atom. The third-order valence-corrected chi connectivity index (χ3v) is 5.88. The normalized spacial score (nSPS) is 18.8. The summed E-state index contributed by atoms with van der Waals surface area (Å²) in [5.41, 5.74) is 3.64. The summed E-state index contributed by atoms with van der Waals surface area (Å²) in [5.74, 6) is 0.972. The average Bonchev–Trinajstić information content (AvgIpc) is 2.97. The quantitative estimate of drug-likeness (QED) is 0.529. The van der Waals surface area contributed by atoms with Crippen LogP contribution >= 0.6 is 11.6 Å². The third kappa shape index (κ3) is 2.09. The van der Waals surface area contributed by atoms with E-state index in [-0.39, 0.29) is 5.97 Å². The van der Waals surface area contributed by atoms with E-state index in [9.17, 15) is 4.79 Å². The molecule has 2 aliphatic heterocycles. The van der Waals surface area contributed by atoms with Gasteiger partial charge in [0, 0.05) is 35.9 Å². The first-order chi connectivity index (χ1) is 13.4. The maximum Gasteiger partial charge on any atom is 0.340 e. The molecule has 0 aliphatic carbocycles. The fourth-order valence-corrected chi connectivity index (χ4v) is 4.37. The van der Waals surface area contributed by atoms with E-state index in [1.165, 1.54) is 0 Å². The summed E-state index contributed by atoms with van der Waals surface area (Å²) in [6, 6.07) is 17.1. The maximum atomic E-state index is 12.9. The van der Waals surface area contributed by atoms with Crippen LogP contribution in [0, 0.1) is 6.92 Å². The Balaban J connectivity index is 1.95. The van der Waals surface area contributed by atoms with Gasteiger partial charge in [-0.2, -0.15) is 0 Å². The highest BCUT2D eigenvalue weighted by atomic mass is 35.5. The second-order valence-corrected chi connectivity index (χ2v) is 7.77. The van der Waals surface area contributed by atoms with Gasteiger partial charge in [0.2, 0.25) is 0 Å². The van der Waals surface area contributed by atoms with E-state index in [2.05, 4.69) is 0 Å².